The lowest BCUT2D eigenvalue weighted by molar-refractivity contribution is -0.119. The normalized spacial score (nSPS) is 49.1. The highest BCUT2D eigenvalue weighted by molar-refractivity contribution is 5.88. The fourth-order valence-corrected chi connectivity index (χ4v) is 2.90. The molecular weight excluding hydrogens is 226 g/mol. The van der Waals surface area contributed by atoms with Crippen molar-refractivity contribution in [2.24, 2.45) is 5.92 Å². The summed E-state index contributed by atoms with van der Waals surface area (Å²) in [6.45, 7) is 0.195. The van der Waals surface area contributed by atoms with Gasteiger partial charge in [0.1, 0.15) is 23.6 Å². The van der Waals surface area contributed by atoms with Crippen LogP contribution in [0.15, 0.2) is 11.8 Å². The summed E-state index contributed by atoms with van der Waals surface area (Å²) in [6.07, 6.45) is 0.572. The molecule has 1 amide bonds. The van der Waals surface area contributed by atoms with Crippen molar-refractivity contribution in [2.45, 2.75) is 36.8 Å². The Morgan fingerprint density at radius 3 is 3.00 bits per heavy atom. The second kappa shape index (κ2) is 3.44. The molecule has 0 aromatic heterocycles. The van der Waals surface area contributed by atoms with Crippen molar-refractivity contribution < 1.29 is 24.9 Å². The summed E-state index contributed by atoms with van der Waals surface area (Å²) in [4.78, 5) is 11.0. The summed E-state index contributed by atoms with van der Waals surface area (Å²) in [5.74, 6) is -1.02. The number of epoxide rings is 1. The molecule has 1 saturated carbocycles. The van der Waals surface area contributed by atoms with Gasteiger partial charge in [-0.25, -0.2) is 0 Å². The molecule has 0 radical (unpaired) electrons. The zero-order valence-corrected chi connectivity index (χ0v) is 9.17. The highest BCUT2D eigenvalue weighted by Gasteiger charge is 2.63. The topological polar surface area (TPSA) is 102 Å². The lowest BCUT2D eigenvalue weighted by Crippen LogP contribution is -2.54. The third kappa shape index (κ3) is 1.55. The second-order valence-corrected chi connectivity index (χ2v) is 4.99. The molecule has 0 spiro atoms. The minimum absolute atomic E-state index is 0.109. The van der Waals surface area contributed by atoms with E-state index in [9.17, 15) is 20.1 Å². The Morgan fingerprint density at radius 1 is 1.53 bits per heavy atom. The number of hydrogen-bond acceptors (Lipinski definition) is 5. The van der Waals surface area contributed by atoms with Crippen molar-refractivity contribution in [3.8, 4) is 0 Å². The third-order valence-electron chi connectivity index (χ3n) is 3.96. The number of nitrogens with one attached hydrogen (secondary N) is 1. The lowest BCUT2D eigenvalue weighted by atomic mass is 9.73. The van der Waals surface area contributed by atoms with E-state index >= 15 is 0 Å². The van der Waals surface area contributed by atoms with E-state index in [1.165, 1.54) is 0 Å². The van der Waals surface area contributed by atoms with Crippen LogP contribution in [0.5, 0.6) is 0 Å². The monoisotopic (exact) mass is 241 g/mol. The van der Waals surface area contributed by atoms with E-state index in [1.807, 2.05) is 0 Å². The van der Waals surface area contributed by atoms with Crippen LogP contribution in [0.3, 0.4) is 0 Å². The Morgan fingerprint density at radius 2 is 2.29 bits per heavy atom. The number of hydrogen-bond donors (Lipinski definition) is 4. The van der Waals surface area contributed by atoms with E-state index in [2.05, 4.69) is 5.32 Å². The van der Waals surface area contributed by atoms with Gasteiger partial charge >= 0.3 is 0 Å². The molecule has 0 aromatic carbocycles. The SMILES string of the molecule is O=C1C=C(O)C(C2(O)CC[C@@H](O)[C@H]3OC32)CN1. The molecular formula is C11H15NO5. The number of aliphatic hydroxyl groups excluding tert-OH is 2. The molecule has 4 N–H and O–H groups in total. The number of carbonyl (C=O) groups is 1. The molecule has 6 nitrogen and oxygen atoms in total. The van der Waals surface area contributed by atoms with Crippen molar-refractivity contribution in [1.82, 2.24) is 5.32 Å². The molecule has 6 heteroatoms. The fourth-order valence-electron chi connectivity index (χ4n) is 2.90. The number of aliphatic hydroxyl groups is 3. The summed E-state index contributed by atoms with van der Waals surface area (Å²) < 4.78 is 5.28. The summed E-state index contributed by atoms with van der Waals surface area (Å²) >= 11 is 0. The van der Waals surface area contributed by atoms with Gasteiger partial charge in [0.15, 0.2) is 0 Å². The van der Waals surface area contributed by atoms with Crippen molar-refractivity contribution >= 4 is 5.91 Å². The summed E-state index contributed by atoms with van der Waals surface area (Å²) in [6, 6.07) is 0. The van der Waals surface area contributed by atoms with Crippen LogP contribution in [0.4, 0.5) is 0 Å². The summed E-state index contributed by atoms with van der Waals surface area (Å²) in [7, 11) is 0. The maximum atomic E-state index is 11.0. The van der Waals surface area contributed by atoms with Crippen molar-refractivity contribution in [3.63, 3.8) is 0 Å². The fraction of sp³-hybridized carbons (Fsp3) is 0.727. The lowest BCUT2D eigenvalue weighted by Gasteiger charge is -2.39. The molecule has 5 atom stereocenters. The molecule has 17 heavy (non-hydrogen) atoms. The molecule has 2 aliphatic heterocycles. The van der Waals surface area contributed by atoms with E-state index < -0.39 is 23.7 Å². The maximum Gasteiger partial charge on any atom is 0.247 e. The van der Waals surface area contributed by atoms with Crippen LogP contribution in [0.1, 0.15) is 12.8 Å². The number of ether oxygens (including phenoxy) is 1. The Hall–Kier alpha value is -1.11. The first-order valence-electron chi connectivity index (χ1n) is 5.76. The minimum Gasteiger partial charge on any atom is -0.512 e. The molecule has 3 aliphatic rings. The predicted octanol–water partition coefficient (Wildman–Crippen LogP) is -1.17. The smallest absolute Gasteiger partial charge is 0.247 e. The molecule has 0 aromatic rings. The van der Waals surface area contributed by atoms with Crippen LogP contribution in [0.2, 0.25) is 0 Å². The standard InChI is InChI=1S/C11H15NO5/c13-6-1-2-11(16,10-9(6)17-10)5-4-12-8(15)3-7(5)14/h3,5-6,9-10,13-14,16H,1-2,4H2,(H,12,15)/t5?,6-,9-,10?,11?/m1/s1. The van der Waals surface area contributed by atoms with E-state index in [0.717, 1.165) is 6.08 Å². The Balaban J connectivity index is 1.84. The highest BCUT2D eigenvalue weighted by Crippen LogP contribution is 2.48. The average molecular weight is 241 g/mol. The van der Waals surface area contributed by atoms with Crippen molar-refractivity contribution in [3.05, 3.63) is 11.8 Å². The van der Waals surface area contributed by atoms with Gasteiger partial charge < -0.3 is 25.4 Å². The van der Waals surface area contributed by atoms with Gasteiger partial charge in [-0.15, -0.1) is 0 Å². The van der Waals surface area contributed by atoms with Crippen molar-refractivity contribution in [2.75, 3.05) is 6.54 Å². The van der Waals surface area contributed by atoms with Crippen LogP contribution in [-0.4, -0.2) is 51.7 Å². The molecule has 3 unspecified atom stereocenters. The van der Waals surface area contributed by atoms with Gasteiger partial charge in [0.25, 0.3) is 0 Å². The van der Waals surface area contributed by atoms with Gasteiger partial charge in [0, 0.05) is 12.6 Å². The molecule has 2 fully saturated rings. The first-order chi connectivity index (χ1) is 8.02. The minimum atomic E-state index is -1.20. The number of amides is 1. The zero-order chi connectivity index (χ0) is 12.2. The number of carbonyl (C=O) groups excluding carboxylic acids is 1. The maximum absolute atomic E-state index is 11.0. The van der Waals surface area contributed by atoms with Crippen LogP contribution in [-0.2, 0) is 9.53 Å². The molecule has 2 heterocycles. The Bertz CT molecular complexity index is 395. The van der Waals surface area contributed by atoms with Crippen LogP contribution < -0.4 is 5.32 Å². The van der Waals surface area contributed by atoms with Crippen LogP contribution in [0, 0.1) is 5.92 Å². The second-order valence-electron chi connectivity index (χ2n) is 4.99. The van der Waals surface area contributed by atoms with Gasteiger partial charge in [-0.3, -0.25) is 4.79 Å². The first-order valence-corrected chi connectivity index (χ1v) is 5.76. The van der Waals surface area contributed by atoms with Gasteiger partial charge in [-0.05, 0) is 12.8 Å². The van der Waals surface area contributed by atoms with Crippen LogP contribution >= 0.6 is 0 Å². The molecule has 1 aliphatic carbocycles. The van der Waals surface area contributed by atoms with E-state index in [0.29, 0.717) is 12.8 Å². The van der Waals surface area contributed by atoms with Crippen molar-refractivity contribution in [1.29, 1.82) is 0 Å². The molecule has 1 saturated heterocycles. The number of rotatable bonds is 1. The Kier molecular flexibility index (Phi) is 2.23. The molecule has 0 bridgehead atoms. The van der Waals surface area contributed by atoms with Crippen LogP contribution in [0.25, 0.3) is 0 Å². The highest BCUT2D eigenvalue weighted by atomic mass is 16.6. The first kappa shape index (κ1) is 11.0. The van der Waals surface area contributed by atoms with E-state index in [1.54, 1.807) is 0 Å². The molecule has 3 rings (SSSR count). The quantitative estimate of drug-likeness (QED) is 0.433. The van der Waals surface area contributed by atoms with E-state index in [-0.39, 0.29) is 24.3 Å². The molecule has 94 valence electrons. The largest absolute Gasteiger partial charge is 0.512 e. The third-order valence-corrected chi connectivity index (χ3v) is 3.96. The zero-order valence-electron chi connectivity index (χ0n) is 9.17. The predicted molar refractivity (Wildman–Crippen MR) is 56.1 cm³/mol. The van der Waals surface area contributed by atoms with E-state index in [4.69, 9.17) is 4.74 Å². The Labute approximate surface area is 97.9 Å². The summed E-state index contributed by atoms with van der Waals surface area (Å²) in [5.41, 5.74) is -1.20. The summed E-state index contributed by atoms with van der Waals surface area (Å²) in [5, 5.41) is 32.5. The van der Waals surface area contributed by atoms with Gasteiger partial charge in [0.2, 0.25) is 5.91 Å². The van der Waals surface area contributed by atoms with Gasteiger partial charge in [-0.2, -0.15) is 0 Å². The average Bonchev–Trinajstić information content (AvgIpc) is 3.05. The van der Waals surface area contributed by atoms with Gasteiger partial charge in [0.05, 0.1) is 12.0 Å². The number of fused-ring (bicyclic) bond motifs is 1. The van der Waals surface area contributed by atoms with Gasteiger partial charge in [-0.1, -0.05) is 0 Å².